The summed E-state index contributed by atoms with van der Waals surface area (Å²) >= 11 is 0. The molecule has 1 amide bonds. The van der Waals surface area contributed by atoms with Crippen LogP contribution in [-0.2, 0) is 4.79 Å². The summed E-state index contributed by atoms with van der Waals surface area (Å²) in [5, 5.41) is 0. The van der Waals surface area contributed by atoms with Crippen molar-refractivity contribution in [3.8, 4) is 17.0 Å². The van der Waals surface area contributed by atoms with Crippen LogP contribution in [0.5, 0.6) is 5.75 Å². The molecule has 0 bridgehead atoms. The van der Waals surface area contributed by atoms with E-state index in [9.17, 15) is 4.79 Å². The van der Waals surface area contributed by atoms with E-state index in [2.05, 4.69) is 10.4 Å². The van der Waals surface area contributed by atoms with E-state index in [1.54, 1.807) is 13.3 Å². The lowest BCUT2D eigenvalue weighted by Crippen LogP contribution is -2.20. The van der Waals surface area contributed by atoms with Crippen molar-refractivity contribution in [1.29, 1.82) is 0 Å². The zero-order valence-corrected chi connectivity index (χ0v) is 10.2. The van der Waals surface area contributed by atoms with Gasteiger partial charge in [0.05, 0.1) is 19.0 Å². The van der Waals surface area contributed by atoms with Crippen LogP contribution in [0.15, 0.2) is 30.5 Å². The summed E-state index contributed by atoms with van der Waals surface area (Å²) in [6, 6.07) is 7.42. The maximum Gasteiger partial charge on any atom is 0.235 e. The van der Waals surface area contributed by atoms with Crippen molar-refractivity contribution < 1.29 is 9.53 Å². The number of benzene rings is 1. The largest absolute Gasteiger partial charge is 0.497 e. The number of nitrogens with two attached hydrogens (primary N) is 1. The predicted molar refractivity (Wildman–Crippen MR) is 68.7 cm³/mol. The molecule has 0 unspecified atom stereocenters. The Hall–Kier alpha value is -2.50. The third-order valence-electron chi connectivity index (χ3n) is 2.40. The van der Waals surface area contributed by atoms with Gasteiger partial charge in [-0.3, -0.25) is 10.2 Å². The molecule has 1 aromatic heterocycles. The first kappa shape index (κ1) is 12.0. The molecular formula is C12H14N4O2. The number of methoxy groups -OCH3 is 1. The first-order valence-corrected chi connectivity index (χ1v) is 5.37. The molecule has 0 saturated heterocycles. The first-order chi connectivity index (χ1) is 8.60. The summed E-state index contributed by atoms with van der Waals surface area (Å²) in [4.78, 5) is 15.1. The van der Waals surface area contributed by atoms with Gasteiger partial charge in [-0.25, -0.2) is 9.66 Å². The lowest BCUT2D eigenvalue weighted by molar-refractivity contribution is -0.115. The van der Waals surface area contributed by atoms with Gasteiger partial charge >= 0.3 is 0 Å². The first-order valence-electron chi connectivity index (χ1n) is 5.37. The van der Waals surface area contributed by atoms with Crippen LogP contribution in [0.3, 0.4) is 0 Å². The van der Waals surface area contributed by atoms with Gasteiger partial charge in [-0.2, -0.15) is 0 Å². The zero-order chi connectivity index (χ0) is 13.1. The van der Waals surface area contributed by atoms with E-state index in [-0.39, 0.29) is 11.9 Å². The Balaban J connectivity index is 2.30. The highest BCUT2D eigenvalue weighted by Gasteiger charge is 2.07. The number of imidazole rings is 1. The van der Waals surface area contributed by atoms with Crippen molar-refractivity contribution in [3.05, 3.63) is 30.5 Å². The minimum atomic E-state index is -0.208. The fourth-order valence-corrected chi connectivity index (χ4v) is 1.55. The van der Waals surface area contributed by atoms with Crippen molar-refractivity contribution in [3.63, 3.8) is 0 Å². The fourth-order valence-electron chi connectivity index (χ4n) is 1.55. The van der Waals surface area contributed by atoms with E-state index in [1.165, 1.54) is 11.6 Å². The Morgan fingerprint density at radius 2 is 2.06 bits per heavy atom. The van der Waals surface area contributed by atoms with E-state index in [0.717, 1.165) is 11.3 Å². The average molecular weight is 246 g/mol. The summed E-state index contributed by atoms with van der Waals surface area (Å²) < 4.78 is 6.47. The van der Waals surface area contributed by atoms with Crippen molar-refractivity contribution in [2.45, 2.75) is 6.92 Å². The maximum atomic E-state index is 11.0. The number of hydrogen-bond donors (Lipinski definition) is 2. The van der Waals surface area contributed by atoms with Crippen LogP contribution in [0.4, 0.5) is 5.95 Å². The van der Waals surface area contributed by atoms with Gasteiger partial charge in [-0.1, -0.05) is 0 Å². The maximum absolute atomic E-state index is 11.0. The zero-order valence-electron chi connectivity index (χ0n) is 10.2. The molecule has 0 aliphatic heterocycles. The van der Waals surface area contributed by atoms with Gasteiger partial charge in [0.1, 0.15) is 5.75 Å². The van der Waals surface area contributed by atoms with E-state index < -0.39 is 0 Å². The van der Waals surface area contributed by atoms with Crippen molar-refractivity contribution >= 4 is 11.9 Å². The highest BCUT2D eigenvalue weighted by Crippen LogP contribution is 2.21. The molecule has 0 saturated carbocycles. The summed E-state index contributed by atoms with van der Waals surface area (Å²) in [6.07, 6.45) is 1.67. The second-order valence-electron chi connectivity index (χ2n) is 3.75. The average Bonchev–Trinajstić information content (AvgIpc) is 2.70. The summed E-state index contributed by atoms with van der Waals surface area (Å²) in [7, 11) is 1.61. The number of nitrogens with one attached hydrogen (secondary N) is 1. The van der Waals surface area contributed by atoms with Gasteiger partial charge < -0.3 is 10.5 Å². The van der Waals surface area contributed by atoms with Gasteiger partial charge in [0.15, 0.2) is 0 Å². The second kappa shape index (κ2) is 4.79. The van der Waals surface area contributed by atoms with Gasteiger partial charge in [0, 0.05) is 12.5 Å². The molecule has 2 aromatic rings. The number of carbonyl (C=O) groups is 1. The van der Waals surface area contributed by atoms with Gasteiger partial charge in [0.2, 0.25) is 11.9 Å². The van der Waals surface area contributed by atoms with Crippen LogP contribution < -0.4 is 15.9 Å². The molecule has 6 nitrogen and oxygen atoms in total. The summed E-state index contributed by atoms with van der Waals surface area (Å²) in [5.41, 5.74) is 9.83. The lowest BCUT2D eigenvalue weighted by atomic mass is 10.2. The molecule has 3 N–H and O–H groups in total. The molecule has 0 atom stereocenters. The van der Waals surface area contributed by atoms with E-state index in [4.69, 9.17) is 10.5 Å². The van der Waals surface area contributed by atoms with E-state index >= 15 is 0 Å². The molecular weight excluding hydrogens is 232 g/mol. The summed E-state index contributed by atoms with van der Waals surface area (Å²) in [5.74, 6) is 0.796. The molecule has 6 heteroatoms. The number of nitrogen functional groups attached to an aromatic ring is 1. The van der Waals surface area contributed by atoms with Crippen LogP contribution in [0.1, 0.15) is 6.92 Å². The van der Waals surface area contributed by atoms with Crippen LogP contribution in [-0.4, -0.2) is 22.7 Å². The topological polar surface area (TPSA) is 82.2 Å². The normalized spacial score (nSPS) is 10.1. The third kappa shape index (κ3) is 2.42. The lowest BCUT2D eigenvalue weighted by Gasteiger charge is -2.02. The second-order valence-corrected chi connectivity index (χ2v) is 3.75. The standard InChI is InChI=1S/C12H14N4O2/c1-8(17)15-16-7-11(14-12(16)13)9-3-5-10(18-2)6-4-9/h3-7H,1-2H3,(H2,13,14)(H,15,17). The number of nitrogens with zero attached hydrogens (tertiary/aromatic N) is 2. The predicted octanol–water partition coefficient (Wildman–Crippen LogP) is 1.23. The van der Waals surface area contributed by atoms with Crippen molar-refractivity contribution in [1.82, 2.24) is 9.66 Å². The molecule has 1 aromatic carbocycles. The molecule has 0 aliphatic rings. The number of amides is 1. The van der Waals surface area contributed by atoms with Crippen molar-refractivity contribution in [2.24, 2.45) is 0 Å². The van der Waals surface area contributed by atoms with Gasteiger partial charge in [0.25, 0.3) is 0 Å². The fraction of sp³-hybridized carbons (Fsp3) is 0.167. The number of carbonyl (C=O) groups excluding carboxylic acids is 1. The third-order valence-corrected chi connectivity index (χ3v) is 2.40. The minimum Gasteiger partial charge on any atom is -0.497 e. The Kier molecular flexibility index (Phi) is 3.18. The highest BCUT2D eigenvalue weighted by atomic mass is 16.5. The highest BCUT2D eigenvalue weighted by molar-refractivity contribution is 5.81. The number of hydrogen-bond acceptors (Lipinski definition) is 4. The Labute approximate surface area is 104 Å². The smallest absolute Gasteiger partial charge is 0.235 e. The van der Waals surface area contributed by atoms with E-state index in [0.29, 0.717) is 5.69 Å². The molecule has 0 radical (unpaired) electrons. The Morgan fingerprint density at radius 1 is 1.39 bits per heavy atom. The number of aromatic nitrogens is 2. The molecule has 1 heterocycles. The monoisotopic (exact) mass is 246 g/mol. The van der Waals surface area contributed by atoms with Crippen LogP contribution in [0.25, 0.3) is 11.3 Å². The van der Waals surface area contributed by atoms with Gasteiger partial charge in [-0.15, -0.1) is 0 Å². The van der Waals surface area contributed by atoms with E-state index in [1.807, 2.05) is 24.3 Å². The van der Waals surface area contributed by atoms with Crippen molar-refractivity contribution in [2.75, 3.05) is 18.3 Å². The minimum absolute atomic E-state index is 0.208. The van der Waals surface area contributed by atoms with Crippen LogP contribution >= 0.6 is 0 Å². The summed E-state index contributed by atoms with van der Waals surface area (Å²) in [6.45, 7) is 1.41. The molecule has 94 valence electrons. The number of ether oxygens (including phenoxy) is 1. The molecule has 0 spiro atoms. The molecule has 0 aliphatic carbocycles. The molecule has 0 fully saturated rings. The van der Waals surface area contributed by atoms with Crippen LogP contribution in [0.2, 0.25) is 0 Å². The number of anilines is 1. The Bertz CT molecular complexity index is 560. The SMILES string of the molecule is COc1ccc(-c2cn(NC(C)=O)c(N)n2)cc1. The van der Waals surface area contributed by atoms with Gasteiger partial charge in [-0.05, 0) is 24.3 Å². The molecule has 2 rings (SSSR count). The molecule has 18 heavy (non-hydrogen) atoms. The Morgan fingerprint density at radius 3 is 2.61 bits per heavy atom. The quantitative estimate of drug-likeness (QED) is 0.853. The van der Waals surface area contributed by atoms with Crippen LogP contribution in [0, 0.1) is 0 Å². The number of rotatable bonds is 3.